The Balaban J connectivity index is 1.90. The van der Waals surface area contributed by atoms with Crippen molar-refractivity contribution in [2.24, 2.45) is 0 Å². The topological polar surface area (TPSA) is 38.7 Å². The summed E-state index contributed by atoms with van der Waals surface area (Å²) in [5.41, 5.74) is 0.595. The van der Waals surface area contributed by atoms with Crippen molar-refractivity contribution >= 4 is 0 Å². The zero-order valence-corrected chi connectivity index (χ0v) is 8.93. The molecule has 16 heavy (non-hydrogen) atoms. The van der Waals surface area contributed by atoms with Crippen molar-refractivity contribution < 1.29 is 19.0 Å². The van der Waals surface area contributed by atoms with Crippen LogP contribution in [-0.2, 0) is 15.9 Å². The van der Waals surface area contributed by atoms with E-state index in [1.54, 1.807) is 18.2 Å². The van der Waals surface area contributed by atoms with Crippen LogP contribution < -0.4 is 0 Å². The second-order valence-electron chi connectivity index (χ2n) is 3.83. The van der Waals surface area contributed by atoms with Crippen LogP contribution in [0.2, 0.25) is 0 Å². The van der Waals surface area contributed by atoms with Gasteiger partial charge < -0.3 is 14.6 Å². The number of aliphatic hydroxyl groups is 1. The second kappa shape index (κ2) is 5.39. The van der Waals surface area contributed by atoms with Gasteiger partial charge in [0.2, 0.25) is 0 Å². The Morgan fingerprint density at radius 2 is 2.19 bits per heavy atom. The van der Waals surface area contributed by atoms with E-state index in [2.05, 4.69) is 0 Å². The van der Waals surface area contributed by atoms with E-state index in [1.165, 1.54) is 6.07 Å². The van der Waals surface area contributed by atoms with Gasteiger partial charge in [0, 0.05) is 13.0 Å². The van der Waals surface area contributed by atoms with E-state index < -0.39 is 6.29 Å². The lowest BCUT2D eigenvalue weighted by Gasteiger charge is -2.11. The fraction of sp³-hybridized carbons (Fsp3) is 0.500. The Morgan fingerprint density at radius 1 is 1.38 bits per heavy atom. The van der Waals surface area contributed by atoms with E-state index >= 15 is 0 Å². The minimum absolute atomic E-state index is 0.0678. The zero-order chi connectivity index (χ0) is 11.4. The van der Waals surface area contributed by atoms with Crippen molar-refractivity contribution in [1.29, 1.82) is 0 Å². The third-order valence-corrected chi connectivity index (χ3v) is 2.61. The molecule has 2 unspecified atom stereocenters. The van der Waals surface area contributed by atoms with Gasteiger partial charge in [-0.2, -0.15) is 0 Å². The standard InChI is InChI=1S/C12H15FO3/c13-11-4-2-1-3-9(11)7-12-15-8-10(16-12)5-6-14/h1-4,10,12,14H,5-8H2. The van der Waals surface area contributed by atoms with Crippen molar-refractivity contribution in [3.05, 3.63) is 35.6 Å². The molecule has 1 aliphatic heterocycles. The Hall–Kier alpha value is -0.970. The number of ether oxygens (including phenoxy) is 2. The Kier molecular flexibility index (Phi) is 3.88. The van der Waals surface area contributed by atoms with Crippen LogP contribution in [0, 0.1) is 5.82 Å². The number of aliphatic hydroxyl groups excluding tert-OH is 1. The molecule has 3 nitrogen and oxygen atoms in total. The third kappa shape index (κ3) is 2.78. The molecule has 0 saturated carbocycles. The maximum atomic E-state index is 13.3. The summed E-state index contributed by atoms with van der Waals surface area (Å²) in [5, 5.41) is 8.75. The van der Waals surface area contributed by atoms with E-state index in [0.717, 1.165) is 0 Å². The molecular formula is C12H15FO3. The van der Waals surface area contributed by atoms with E-state index in [0.29, 0.717) is 25.0 Å². The van der Waals surface area contributed by atoms with Crippen molar-refractivity contribution in [2.75, 3.05) is 13.2 Å². The van der Waals surface area contributed by atoms with Gasteiger partial charge in [0.1, 0.15) is 5.82 Å². The summed E-state index contributed by atoms with van der Waals surface area (Å²) >= 11 is 0. The van der Waals surface area contributed by atoms with Crippen LogP contribution in [0.4, 0.5) is 4.39 Å². The Morgan fingerprint density at radius 3 is 2.94 bits per heavy atom. The first-order valence-electron chi connectivity index (χ1n) is 5.41. The normalized spacial score (nSPS) is 24.9. The molecule has 2 rings (SSSR count). The van der Waals surface area contributed by atoms with E-state index in [9.17, 15) is 4.39 Å². The highest BCUT2D eigenvalue weighted by Crippen LogP contribution is 2.19. The molecule has 0 amide bonds. The van der Waals surface area contributed by atoms with Gasteiger partial charge in [0.15, 0.2) is 6.29 Å². The number of benzene rings is 1. The molecule has 0 aliphatic carbocycles. The minimum Gasteiger partial charge on any atom is -0.396 e. The predicted molar refractivity (Wildman–Crippen MR) is 56.4 cm³/mol. The maximum absolute atomic E-state index is 13.3. The predicted octanol–water partition coefficient (Wildman–Crippen LogP) is 1.49. The smallest absolute Gasteiger partial charge is 0.162 e. The summed E-state index contributed by atoms with van der Waals surface area (Å²) in [6, 6.07) is 6.60. The fourth-order valence-corrected chi connectivity index (χ4v) is 1.75. The number of halogens is 1. The van der Waals surface area contributed by atoms with Crippen LogP contribution in [0.25, 0.3) is 0 Å². The van der Waals surface area contributed by atoms with E-state index in [-0.39, 0.29) is 18.5 Å². The molecule has 1 aromatic carbocycles. The van der Waals surface area contributed by atoms with Gasteiger partial charge in [-0.15, -0.1) is 0 Å². The number of rotatable bonds is 4. The fourth-order valence-electron chi connectivity index (χ4n) is 1.75. The van der Waals surface area contributed by atoms with Crippen LogP contribution in [0.1, 0.15) is 12.0 Å². The first-order valence-corrected chi connectivity index (χ1v) is 5.41. The van der Waals surface area contributed by atoms with Crippen LogP contribution in [0.3, 0.4) is 0 Å². The van der Waals surface area contributed by atoms with Crippen LogP contribution in [0.5, 0.6) is 0 Å². The van der Waals surface area contributed by atoms with Crippen LogP contribution in [0.15, 0.2) is 24.3 Å². The molecule has 1 saturated heterocycles. The van der Waals surface area contributed by atoms with Gasteiger partial charge in [-0.1, -0.05) is 18.2 Å². The average Bonchev–Trinajstić information content (AvgIpc) is 2.70. The Bertz CT molecular complexity index is 343. The summed E-state index contributed by atoms with van der Waals surface area (Å²) in [5.74, 6) is -0.236. The third-order valence-electron chi connectivity index (χ3n) is 2.61. The maximum Gasteiger partial charge on any atom is 0.162 e. The first-order chi connectivity index (χ1) is 7.79. The van der Waals surface area contributed by atoms with Gasteiger partial charge >= 0.3 is 0 Å². The summed E-state index contributed by atoms with van der Waals surface area (Å²) < 4.78 is 24.2. The van der Waals surface area contributed by atoms with E-state index in [4.69, 9.17) is 14.6 Å². The second-order valence-corrected chi connectivity index (χ2v) is 3.83. The SMILES string of the molecule is OCCC1COC(Cc2ccccc2F)O1. The number of hydrogen-bond acceptors (Lipinski definition) is 3. The largest absolute Gasteiger partial charge is 0.396 e. The number of hydrogen-bond donors (Lipinski definition) is 1. The lowest BCUT2D eigenvalue weighted by atomic mass is 10.1. The molecule has 0 spiro atoms. The lowest BCUT2D eigenvalue weighted by Crippen LogP contribution is -2.16. The molecular weight excluding hydrogens is 211 g/mol. The van der Waals surface area contributed by atoms with Gasteiger partial charge in [0.05, 0.1) is 12.7 Å². The lowest BCUT2D eigenvalue weighted by molar-refractivity contribution is -0.0588. The molecule has 0 aromatic heterocycles. The highest BCUT2D eigenvalue weighted by molar-refractivity contribution is 5.17. The highest BCUT2D eigenvalue weighted by atomic mass is 19.1. The van der Waals surface area contributed by atoms with E-state index in [1.807, 2.05) is 0 Å². The molecule has 1 fully saturated rings. The summed E-state index contributed by atoms with van der Waals surface area (Å²) in [4.78, 5) is 0. The van der Waals surface area contributed by atoms with Gasteiger partial charge in [-0.3, -0.25) is 0 Å². The highest BCUT2D eigenvalue weighted by Gasteiger charge is 2.26. The monoisotopic (exact) mass is 226 g/mol. The molecule has 0 bridgehead atoms. The first kappa shape index (κ1) is 11.5. The van der Waals surface area contributed by atoms with Crippen molar-refractivity contribution in [3.63, 3.8) is 0 Å². The Labute approximate surface area is 93.8 Å². The van der Waals surface area contributed by atoms with Crippen LogP contribution in [-0.4, -0.2) is 30.7 Å². The molecule has 1 aliphatic rings. The average molecular weight is 226 g/mol. The summed E-state index contributed by atoms with van der Waals surface area (Å²) in [6.07, 6.45) is 0.512. The van der Waals surface area contributed by atoms with Gasteiger partial charge in [0.25, 0.3) is 0 Å². The molecule has 2 atom stereocenters. The molecule has 1 heterocycles. The van der Waals surface area contributed by atoms with Gasteiger partial charge in [-0.25, -0.2) is 4.39 Å². The summed E-state index contributed by atoms with van der Waals surface area (Å²) in [6.45, 7) is 0.556. The van der Waals surface area contributed by atoms with Crippen molar-refractivity contribution in [2.45, 2.75) is 25.2 Å². The quantitative estimate of drug-likeness (QED) is 0.845. The molecule has 4 heteroatoms. The molecule has 0 radical (unpaired) electrons. The van der Waals surface area contributed by atoms with Gasteiger partial charge in [-0.05, 0) is 18.1 Å². The van der Waals surface area contributed by atoms with Crippen LogP contribution >= 0.6 is 0 Å². The van der Waals surface area contributed by atoms with Crippen molar-refractivity contribution in [3.8, 4) is 0 Å². The zero-order valence-electron chi connectivity index (χ0n) is 8.93. The minimum atomic E-state index is -0.395. The van der Waals surface area contributed by atoms with Crippen molar-refractivity contribution in [1.82, 2.24) is 0 Å². The molecule has 88 valence electrons. The molecule has 1 N–H and O–H groups in total. The summed E-state index contributed by atoms with van der Waals surface area (Å²) in [7, 11) is 0. The molecule has 1 aromatic rings.